The monoisotopic (exact) mass is 371 g/mol. The molecule has 3 aromatic rings. The highest BCUT2D eigenvalue weighted by Crippen LogP contribution is 2.28. The summed E-state index contributed by atoms with van der Waals surface area (Å²) in [6, 6.07) is 3.84. The number of hydrogen-bond acceptors (Lipinski definition) is 6. The topological polar surface area (TPSA) is 76.7 Å². The van der Waals surface area contributed by atoms with Crippen molar-refractivity contribution in [3.05, 3.63) is 53.9 Å². The first-order valence-corrected chi connectivity index (χ1v) is 7.17. The number of nitrogens with zero attached hydrogens (tertiary/aromatic N) is 4. The van der Waals surface area contributed by atoms with Crippen molar-refractivity contribution in [2.45, 2.75) is 12.3 Å². The Balaban J connectivity index is 1.66. The molecule has 2 heterocycles. The molecular formula is C15H10F5N5O. The summed E-state index contributed by atoms with van der Waals surface area (Å²) in [6.07, 6.45) is -0.589. The molecule has 0 spiro atoms. The van der Waals surface area contributed by atoms with Gasteiger partial charge in [0.25, 0.3) is 17.7 Å². The number of halogens is 5. The lowest BCUT2D eigenvalue weighted by atomic mass is 10.1. The van der Waals surface area contributed by atoms with Crippen LogP contribution in [0.25, 0.3) is 11.5 Å². The normalized spacial score (nSPS) is 11.8. The number of nitrogens with one attached hydrogen (secondary N) is 1. The molecule has 11 heteroatoms. The molecular weight excluding hydrogens is 361 g/mol. The third-order valence-corrected chi connectivity index (χ3v) is 3.26. The van der Waals surface area contributed by atoms with Crippen LogP contribution in [0.2, 0.25) is 0 Å². The first-order valence-electron chi connectivity index (χ1n) is 7.17. The van der Waals surface area contributed by atoms with E-state index < -0.39 is 30.6 Å². The van der Waals surface area contributed by atoms with Gasteiger partial charge < -0.3 is 9.73 Å². The van der Waals surface area contributed by atoms with Crippen molar-refractivity contribution < 1.29 is 26.4 Å². The van der Waals surface area contributed by atoms with E-state index >= 15 is 0 Å². The van der Waals surface area contributed by atoms with Crippen LogP contribution in [0, 0.1) is 5.82 Å². The highest BCUT2D eigenvalue weighted by molar-refractivity contribution is 5.50. The van der Waals surface area contributed by atoms with Crippen molar-refractivity contribution in [1.82, 2.24) is 20.2 Å². The standard InChI is InChI=1S/C15H10F5N5O/c16-10-3-1-9(2-4-10)15(19,20)7-23-14-21-5-8(6-22-14)12-24-25-13(26-12)11(17)18/h1-6,11H,7H2,(H,21,22,23). The van der Waals surface area contributed by atoms with Gasteiger partial charge in [0, 0.05) is 18.0 Å². The van der Waals surface area contributed by atoms with Crippen molar-refractivity contribution >= 4 is 5.95 Å². The third-order valence-electron chi connectivity index (χ3n) is 3.26. The van der Waals surface area contributed by atoms with Crippen LogP contribution in [0.4, 0.5) is 27.9 Å². The molecule has 0 saturated heterocycles. The maximum absolute atomic E-state index is 14.1. The quantitative estimate of drug-likeness (QED) is 0.664. The van der Waals surface area contributed by atoms with Crippen LogP contribution in [0.3, 0.4) is 0 Å². The molecule has 0 aliphatic heterocycles. The second-order valence-electron chi connectivity index (χ2n) is 5.11. The van der Waals surface area contributed by atoms with E-state index in [1.807, 2.05) is 0 Å². The number of anilines is 1. The van der Waals surface area contributed by atoms with Gasteiger partial charge in [-0.05, 0) is 12.1 Å². The predicted octanol–water partition coefficient (Wildman–Crippen LogP) is 3.81. The fourth-order valence-corrected chi connectivity index (χ4v) is 1.96. The van der Waals surface area contributed by atoms with E-state index in [1.165, 1.54) is 0 Å². The summed E-state index contributed by atoms with van der Waals surface area (Å²) in [6.45, 7) is -0.825. The molecule has 0 aliphatic carbocycles. The Kier molecular flexibility index (Phi) is 4.78. The van der Waals surface area contributed by atoms with Gasteiger partial charge in [-0.25, -0.2) is 14.4 Å². The van der Waals surface area contributed by atoms with E-state index in [1.54, 1.807) is 0 Å². The van der Waals surface area contributed by atoms with Crippen LogP contribution >= 0.6 is 0 Å². The Morgan fingerprint density at radius 1 is 1.04 bits per heavy atom. The van der Waals surface area contributed by atoms with Gasteiger partial charge in [-0.2, -0.15) is 17.6 Å². The van der Waals surface area contributed by atoms with Crippen molar-refractivity contribution in [2.24, 2.45) is 0 Å². The van der Waals surface area contributed by atoms with Gasteiger partial charge in [0.05, 0.1) is 12.1 Å². The van der Waals surface area contributed by atoms with Crippen molar-refractivity contribution in [1.29, 1.82) is 0 Å². The van der Waals surface area contributed by atoms with Crippen molar-refractivity contribution in [3.8, 4) is 11.5 Å². The summed E-state index contributed by atoms with van der Waals surface area (Å²) in [7, 11) is 0. The molecule has 6 nitrogen and oxygen atoms in total. The van der Waals surface area contributed by atoms with E-state index in [2.05, 4.69) is 25.5 Å². The van der Waals surface area contributed by atoms with Gasteiger partial charge in [0.2, 0.25) is 5.95 Å². The Morgan fingerprint density at radius 2 is 1.69 bits per heavy atom. The first-order chi connectivity index (χ1) is 12.3. The fraction of sp³-hybridized carbons (Fsp3) is 0.200. The zero-order valence-electron chi connectivity index (χ0n) is 12.8. The van der Waals surface area contributed by atoms with Gasteiger partial charge in [0.1, 0.15) is 5.82 Å². The minimum atomic E-state index is -3.28. The molecule has 0 aliphatic rings. The lowest BCUT2D eigenvalue weighted by molar-refractivity contribution is 0.0104. The second-order valence-corrected chi connectivity index (χ2v) is 5.11. The summed E-state index contributed by atoms with van der Waals surface area (Å²) < 4.78 is 70.5. The lowest BCUT2D eigenvalue weighted by Gasteiger charge is -2.17. The third kappa shape index (κ3) is 3.92. The summed E-state index contributed by atoms with van der Waals surface area (Å²) in [5, 5.41) is 8.93. The molecule has 0 radical (unpaired) electrons. The highest BCUT2D eigenvalue weighted by atomic mass is 19.3. The first kappa shape index (κ1) is 17.7. The minimum absolute atomic E-state index is 0.121. The van der Waals surface area contributed by atoms with Crippen molar-refractivity contribution in [3.63, 3.8) is 0 Å². The Hall–Kier alpha value is -3.11. The molecule has 0 unspecified atom stereocenters. The number of benzene rings is 1. The van der Waals surface area contributed by atoms with Crippen molar-refractivity contribution in [2.75, 3.05) is 11.9 Å². The van der Waals surface area contributed by atoms with Gasteiger partial charge in [0.15, 0.2) is 0 Å². The van der Waals surface area contributed by atoms with Crippen LogP contribution in [0.5, 0.6) is 0 Å². The summed E-state index contributed by atoms with van der Waals surface area (Å²) in [5.41, 5.74) is -0.214. The lowest BCUT2D eigenvalue weighted by Crippen LogP contribution is -2.25. The molecule has 0 saturated carbocycles. The number of rotatable bonds is 6. The molecule has 3 rings (SSSR count). The predicted molar refractivity (Wildman–Crippen MR) is 79.1 cm³/mol. The average molecular weight is 371 g/mol. The van der Waals surface area contributed by atoms with Gasteiger partial charge in [-0.1, -0.05) is 12.1 Å². The molecule has 0 fully saturated rings. The molecule has 2 aromatic heterocycles. The van der Waals surface area contributed by atoms with E-state index in [0.29, 0.717) is 0 Å². The Morgan fingerprint density at radius 3 is 2.27 bits per heavy atom. The molecule has 26 heavy (non-hydrogen) atoms. The van der Waals surface area contributed by atoms with Gasteiger partial charge in [-0.3, -0.25) is 0 Å². The molecule has 0 atom stereocenters. The van der Waals surface area contributed by atoms with Crippen LogP contribution in [-0.4, -0.2) is 26.7 Å². The van der Waals surface area contributed by atoms with Gasteiger partial charge >= 0.3 is 6.43 Å². The average Bonchev–Trinajstić information content (AvgIpc) is 3.11. The zero-order chi connectivity index (χ0) is 18.7. The summed E-state index contributed by atoms with van der Waals surface area (Å²) in [4.78, 5) is 7.58. The zero-order valence-corrected chi connectivity index (χ0v) is 12.8. The van der Waals surface area contributed by atoms with Crippen LogP contribution in [0.1, 0.15) is 17.9 Å². The molecule has 136 valence electrons. The highest BCUT2D eigenvalue weighted by Gasteiger charge is 2.31. The smallest absolute Gasteiger partial charge is 0.314 e. The minimum Gasteiger partial charge on any atom is -0.415 e. The summed E-state index contributed by atoms with van der Waals surface area (Å²) in [5.74, 6) is -5.09. The Labute approximate surface area is 143 Å². The largest absolute Gasteiger partial charge is 0.415 e. The van der Waals surface area contributed by atoms with E-state index in [0.717, 1.165) is 36.7 Å². The van der Waals surface area contributed by atoms with Gasteiger partial charge in [-0.15, -0.1) is 10.2 Å². The van der Waals surface area contributed by atoms with E-state index in [-0.39, 0.29) is 23.0 Å². The van der Waals surface area contributed by atoms with E-state index in [4.69, 9.17) is 4.42 Å². The molecule has 0 amide bonds. The van der Waals surface area contributed by atoms with Crippen LogP contribution in [-0.2, 0) is 5.92 Å². The molecule has 0 bridgehead atoms. The number of aromatic nitrogens is 4. The molecule has 1 aromatic carbocycles. The van der Waals surface area contributed by atoms with Crippen LogP contribution < -0.4 is 5.32 Å². The van der Waals surface area contributed by atoms with E-state index in [9.17, 15) is 22.0 Å². The SMILES string of the molecule is Fc1ccc(C(F)(F)CNc2ncc(-c3nnc(C(F)F)o3)cn2)cc1. The Bertz CT molecular complexity index is 867. The second kappa shape index (κ2) is 7.02. The number of alkyl halides is 4. The number of hydrogen-bond donors (Lipinski definition) is 1. The maximum atomic E-state index is 14.1. The fourth-order valence-electron chi connectivity index (χ4n) is 1.96. The maximum Gasteiger partial charge on any atom is 0.314 e. The van der Waals surface area contributed by atoms with Crippen LogP contribution in [0.15, 0.2) is 41.1 Å². The summed E-state index contributed by atoms with van der Waals surface area (Å²) >= 11 is 0. The molecule has 1 N–H and O–H groups in total.